The molecule has 188 valence electrons. The minimum Gasteiger partial charge on any atom is -0.480 e. The van der Waals surface area contributed by atoms with Crippen molar-refractivity contribution in [2.75, 3.05) is 43.4 Å². The number of para-hydroxylation sites is 2. The van der Waals surface area contributed by atoms with Gasteiger partial charge in [0.05, 0.1) is 11.4 Å². The second-order valence-corrected chi connectivity index (χ2v) is 8.51. The zero-order valence-electron chi connectivity index (χ0n) is 20.1. The van der Waals surface area contributed by atoms with Crippen LogP contribution in [-0.2, 0) is 9.59 Å². The lowest BCUT2D eigenvalue weighted by molar-refractivity contribution is -0.144. The summed E-state index contributed by atoms with van der Waals surface area (Å²) in [6.45, 7) is 4.55. The summed E-state index contributed by atoms with van der Waals surface area (Å²) >= 11 is 0. The van der Waals surface area contributed by atoms with E-state index in [0.717, 1.165) is 5.69 Å². The van der Waals surface area contributed by atoms with E-state index in [4.69, 9.17) is 4.74 Å². The van der Waals surface area contributed by atoms with Crippen LogP contribution in [-0.4, -0.2) is 75.5 Å². The van der Waals surface area contributed by atoms with Crippen molar-refractivity contribution in [2.45, 2.75) is 32.2 Å². The van der Waals surface area contributed by atoms with Crippen molar-refractivity contribution in [1.29, 1.82) is 5.26 Å². The van der Waals surface area contributed by atoms with Crippen LogP contribution < -0.4 is 15.4 Å². The van der Waals surface area contributed by atoms with Gasteiger partial charge >= 0.3 is 5.97 Å². The number of fused-ring (bicyclic) bond motifs is 1. The number of hydrogen-bond acceptors (Lipinski definition) is 9. The predicted molar refractivity (Wildman–Crippen MR) is 133 cm³/mol. The molecular formula is C25H29N7O4. The number of nitriles is 1. The second kappa shape index (κ2) is 11.5. The SMILES string of the molecule is CCC(C(=O)O)N1CCN(C(=O)CCCNc2nccc(/C(C#N)=C3\Nc4ccccc4O3)n2)CC1. The second-order valence-electron chi connectivity index (χ2n) is 8.51. The Kier molecular flexibility index (Phi) is 7.97. The smallest absolute Gasteiger partial charge is 0.320 e. The summed E-state index contributed by atoms with van der Waals surface area (Å²) in [4.78, 5) is 36.3. The molecule has 1 unspecified atom stereocenters. The number of amides is 1. The van der Waals surface area contributed by atoms with Crippen LogP contribution in [0.2, 0.25) is 0 Å². The van der Waals surface area contributed by atoms with Gasteiger partial charge in [-0.2, -0.15) is 5.26 Å². The minimum absolute atomic E-state index is 0.0509. The number of carboxylic acids is 1. The Labute approximate surface area is 209 Å². The third-order valence-electron chi connectivity index (χ3n) is 6.23. The highest BCUT2D eigenvalue weighted by atomic mass is 16.5. The molecule has 0 saturated carbocycles. The quantitative estimate of drug-likeness (QED) is 0.353. The summed E-state index contributed by atoms with van der Waals surface area (Å²) in [6.07, 6.45) is 3.07. The lowest BCUT2D eigenvalue weighted by Gasteiger charge is -2.37. The number of carboxylic acid groups (broad SMARTS) is 1. The molecule has 1 aromatic carbocycles. The zero-order valence-corrected chi connectivity index (χ0v) is 20.1. The van der Waals surface area contributed by atoms with Crippen molar-refractivity contribution in [3.05, 3.63) is 48.1 Å². The molecule has 0 bridgehead atoms. The van der Waals surface area contributed by atoms with Crippen LogP contribution in [0.15, 0.2) is 42.4 Å². The van der Waals surface area contributed by atoms with Crippen molar-refractivity contribution in [3.63, 3.8) is 0 Å². The number of hydrogen-bond donors (Lipinski definition) is 3. The number of carbonyl (C=O) groups excluding carboxylic acids is 1. The van der Waals surface area contributed by atoms with Crippen molar-refractivity contribution >= 4 is 29.1 Å². The molecule has 1 amide bonds. The van der Waals surface area contributed by atoms with E-state index in [1.807, 2.05) is 36.1 Å². The van der Waals surface area contributed by atoms with Crippen LogP contribution in [0.3, 0.4) is 0 Å². The van der Waals surface area contributed by atoms with E-state index in [9.17, 15) is 20.0 Å². The van der Waals surface area contributed by atoms with E-state index in [0.29, 0.717) is 75.3 Å². The van der Waals surface area contributed by atoms with Gasteiger partial charge in [-0.05, 0) is 31.0 Å². The summed E-state index contributed by atoms with van der Waals surface area (Å²) in [5.74, 6) is 0.560. The van der Waals surface area contributed by atoms with Crippen molar-refractivity contribution in [3.8, 4) is 11.8 Å². The molecule has 2 aliphatic rings. The summed E-state index contributed by atoms with van der Waals surface area (Å²) in [6, 6.07) is 10.7. The van der Waals surface area contributed by atoms with E-state index >= 15 is 0 Å². The van der Waals surface area contributed by atoms with Gasteiger partial charge in [-0.1, -0.05) is 19.1 Å². The van der Waals surface area contributed by atoms with Gasteiger partial charge in [0.25, 0.3) is 0 Å². The molecule has 36 heavy (non-hydrogen) atoms. The molecule has 4 rings (SSSR count). The number of ether oxygens (including phenoxy) is 1. The fourth-order valence-corrected chi connectivity index (χ4v) is 4.31. The zero-order chi connectivity index (χ0) is 25.5. The number of allylic oxidation sites excluding steroid dienone is 1. The number of carbonyl (C=O) groups is 2. The summed E-state index contributed by atoms with van der Waals surface area (Å²) < 4.78 is 5.77. The maximum atomic E-state index is 12.6. The normalized spacial score (nSPS) is 17.3. The number of anilines is 2. The van der Waals surface area contributed by atoms with E-state index in [1.165, 1.54) is 0 Å². The number of nitrogens with zero attached hydrogens (tertiary/aromatic N) is 5. The number of piperazine rings is 1. The molecule has 3 N–H and O–H groups in total. The highest BCUT2D eigenvalue weighted by molar-refractivity contribution is 5.82. The van der Waals surface area contributed by atoms with Gasteiger partial charge < -0.3 is 25.4 Å². The summed E-state index contributed by atoms with van der Waals surface area (Å²) in [7, 11) is 0. The largest absolute Gasteiger partial charge is 0.480 e. The van der Waals surface area contributed by atoms with Crippen molar-refractivity contribution in [2.24, 2.45) is 0 Å². The molecular weight excluding hydrogens is 462 g/mol. The van der Waals surface area contributed by atoms with Gasteiger partial charge in [0, 0.05) is 45.3 Å². The van der Waals surface area contributed by atoms with E-state index in [1.54, 1.807) is 17.2 Å². The average molecular weight is 492 g/mol. The van der Waals surface area contributed by atoms with Gasteiger partial charge in [-0.3, -0.25) is 14.5 Å². The molecule has 1 atom stereocenters. The Balaban J connectivity index is 1.26. The first-order valence-corrected chi connectivity index (χ1v) is 12.0. The first-order valence-electron chi connectivity index (χ1n) is 12.0. The molecule has 11 nitrogen and oxygen atoms in total. The molecule has 11 heteroatoms. The van der Waals surface area contributed by atoms with Crippen LogP contribution in [0.1, 0.15) is 31.9 Å². The highest BCUT2D eigenvalue weighted by Gasteiger charge is 2.28. The van der Waals surface area contributed by atoms with Gasteiger partial charge in [-0.25, -0.2) is 9.97 Å². The molecule has 0 radical (unpaired) electrons. The Morgan fingerprint density at radius 2 is 2.03 bits per heavy atom. The minimum atomic E-state index is -0.815. The molecule has 1 aromatic heterocycles. The number of aromatic nitrogens is 2. The van der Waals surface area contributed by atoms with Crippen LogP contribution in [0.4, 0.5) is 11.6 Å². The molecule has 2 aromatic rings. The Morgan fingerprint density at radius 1 is 1.25 bits per heavy atom. The fraction of sp³-hybridized carbons (Fsp3) is 0.400. The van der Waals surface area contributed by atoms with Crippen LogP contribution >= 0.6 is 0 Å². The topological polar surface area (TPSA) is 144 Å². The standard InChI is InChI=1S/C25H29N7O4/c1-2-20(24(34)35)31-12-14-32(15-13-31)22(33)8-5-10-27-25-28-11-9-18(30-25)17(16-26)23-29-19-6-3-4-7-21(19)36-23/h3-4,6-7,9,11,20,29H,2,5,8,10,12-15H2,1H3,(H,34,35)(H,27,28,30)/b23-17+. The van der Waals surface area contributed by atoms with Crippen LogP contribution in [0, 0.1) is 11.3 Å². The lowest BCUT2D eigenvalue weighted by atomic mass is 10.1. The third-order valence-corrected chi connectivity index (χ3v) is 6.23. The molecule has 0 aliphatic carbocycles. The number of benzene rings is 1. The Bertz CT molecular complexity index is 1160. The first-order chi connectivity index (χ1) is 17.5. The number of aliphatic carboxylic acids is 1. The van der Waals surface area contributed by atoms with Gasteiger partial charge in [-0.15, -0.1) is 0 Å². The molecule has 1 fully saturated rings. The summed E-state index contributed by atoms with van der Waals surface area (Å²) in [5, 5.41) is 25.2. The summed E-state index contributed by atoms with van der Waals surface area (Å²) in [5.41, 5.74) is 1.47. The first kappa shape index (κ1) is 24.9. The highest BCUT2D eigenvalue weighted by Crippen LogP contribution is 2.35. The maximum Gasteiger partial charge on any atom is 0.320 e. The van der Waals surface area contributed by atoms with Crippen molar-refractivity contribution in [1.82, 2.24) is 19.8 Å². The molecule has 3 heterocycles. The molecule has 1 saturated heterocycles. The van der Waals surface area contributed by atoms with E-state index < -0.39 is 12.0 Å². The predicted octanol–water partition coefficient (Wildman–Crippen LogP) is 2.37. The van der Waals surface area contributed by atoms with E-state index in [2.05, 4.69) is 26.7 Å². The van der Waals surface area contributed by atoms with Gasteiger partial charge in [0.1, 0.15) is 17.7 Å². The Hall–Kier alpha value is -4.17. The number of nitrogens with one attached hydrogen (secondary N) is 2. The third kappa shape index (κ3) is 5.72. The van der Waals surface area contributed by atoms with Crippen LogP contribution in [0.5, 0.6) is 5.75 Å². The molecule has 2 aliphatic heterocycles. The Morgan fingerprint density at radius 3 is 2.72 bits per heavy atom. The van der Waals surface area contributed by atoms with Crippen molar-refractivity contribution < 1.29 is 19.4 Å². The molecule has 0 spiro atoms. The van der Waals surface area contributed by atoms with E-state index in [-0.39, 0.29) is 11.5 Å². The maximum absolute atomic E-state index is 12.6. The van der Waals surface area contributed by atoms with Crippen LogP contribution in [0.25, 0.3) is 5.57 Å². The van der Waals surface area contributed by atoms with Gasteiger partial charge in [0.2, 0.25) is 17.7 Å². The number of rotatable bonds is 9. The monoisotopic (exact) mass is 491 g/mol. The lowest BCUT2D eigenvalue weighted by Crippen LogP contribution is -2.53. The van der Waals surface area contributed by atoms with Gasteiger partial charge in [0.15, 0.2) is 5.75 Å². The average Bonchev–Trinajstić information content (AvgIpc) is 3.31. The fourth-order valence-electron chi connectivity index (χ4n) is 4.31.